The molecule has 0 N–H and O–H groups in total. The van der Waals surface area contributed by atoms with E-state index < -0.39 is 19.6 Å². The topological polar surface area (TPSA) is 62.6 Å². The summed E-state index contributed by atoms with van der Waals surface area (Å²) in [4.78, 5) is 16.9. The highest BCUT2D eigenvalue weighted by Gasteiger charge is 2.38. The van der Waals surface area contributed by atoms with E-state index >= 15 is 4.39 Å². The third kappa shape index (κ3) is 7.06. The van der Waals surface area contributed by atoms with E-state index in [1.807, 2.05) is 10.8 Å². The van der Waals surface area contributed by atoms with Gasteiger partial charge >= 0.3 is 0 Å². The predicted molar refractivity (Wildman–Crippen MR) is 147 cm³/mol. The quantitative estimate of drug-likeness (QED) is 0.171. The molecule has 4 rings (SSSR count). The Morgan fingerprint density at radius 2 is 1.97 bits per heavy atom. The Morgan fingerprint density at radius 1 is 1.21 bits per heavy atom. The zero-order valence-electron chi connectivity index (χ0n) is 23.0. The Morgan fingerprint density at radius 3 is 2.61 bits per heavy atom. The monoisotopic (exact) mass is 544 g/mol. The van der Waals surface area contributed by atoms with Crippen LogP contribution in [0.25, 0.3) is 11.0 Å². The van der Waals surface area contributed by atoms with Crippen LogP contribution in [0.4, 0.5) is 8.78 Å². The molecule has 0 saturated carbocycles. The number of fused-ring (bicyclic) bond motifs is 1. The molecular formula is C29H38F2N2O4Si. The average molecular weight is 545 g/mol. The summed E-state index contributed by atoms with van der Waals surface area (Å²) in [5.74, 6) is 0.0817. The molecule has 3 aromatic rings. The van der Waals surface area contributed by atoms with Crippen LogP contribution in [0.2, 0.25) is 25.7 Å². The second-order valence-corrected chi connectivity index (χ2v) is 17.4. The van der Waals surface area contributed by atoms with Gasteiger partial charge < -0.3 is 18.8 Å². The summed E-state index contributed by atoms with van der Waals surface area (Å²) >= 11 is 0. The van der Waals surface area contributed by atoms with Gasteiger partial charge in [-0.1, -0.05) is 39.6 Å². The zero-order valence-corrected chi connectivity index (χ0v) is 24.0. The van der Waals surface area contributed by atoms with E-state index in [-0.39, 0.29) is 49.9 Å². The first-order chi connectivity index (χ1) is 17.9. The van der Waals surface area contributed by atoms with Gasteiger partial charge in [0.25, 0.3) is 0 Å². The molecule has 0 unspecified atom stereocenters. The minimum absolute atomic E-state index is 0.0384. The average Bonchev–Trinajstić information content (AvgIpc) is 3.20. The van der Waals surface area contributed by atoms with Crippen molar-refractivity contribution < 1.29 is 27.8 Å². The minimum Gasteiger partial charge on any atom is -0.453 e. The van der Waals surface area contributed by atoms with Gasteiger partial charge in [0.2, 0.25) is 0 Å². The first-order valence-electron chi connectivity index (χ1n) is 13.2. The van der Waals surface area contributed by atoms with Crippen LogP contribution >= 0.6 is 0 Å². The van der Waals surface area contributed by atoms with Gasteiger partial charge in [0.05, 0.1) is 18.6 Å². The van der Waals surface area contributed by atoms with Crippen molar-refractivity contribution in [1.29, 1.82) is 0 Å². The molecule has 1 saturated heterocycles. The lowest BCUT2D eigenvalue weighted by Crippen LogP contribution is -2.45. The Bertz CT molecular complexity index is 1280. The van der Waals surface area contributed by atoms with Crippen molar-refractivity contribution in [2.75, 3.05) is 19.8 Å². The van der Waals surface area contributed by atoms with E-state index in [2.05, 4.69) is 38.5 Å². The molecule has 1 fully saturated rings. The smallest absolute Gasteiger partial charge is 0.166 e. The summed E-state index contributed by atoms with van der Waals surface area (Å²) < 4.78 is 48.0. The normalized spacial score (nSPS) is 15.2. The van der Waals surface area contributed by atoms with Gasteiger partial charge in [-0.25, -0.2) is 13.8 Å². The molecule has 0 bridgehead atoms. The highest BCUT2D eigenvalue weighted by molar-refractivity contribution is 6.76. The zero-order chi connectivity index (χ0) is 27.5. The number of halogens is 2. The Kier molecular flexibility index (Phi) is 8.69. The highest BCUT2D eigenvalue weighted by atomic mass is 28.3. The van der Waals surface area contributed by atoms with Crippen LogP contribution < -0.4 is 4.74 Å². The van der Waals surface area contributed by atoms with Gasteiger partial charge in [-0.05, 0) is 47.7 Å². The number of carbonyl (C=O) groups excluding carboxylic acids is 1. The van der Waals surface area contributed by atoms with Crippen molar-refractivity contribution >= 4 is 24.9 Å². The molecule has 0 aliphatic carbocycles. The second-order valence-electron chi connectivity index (χ2n) is 11.8. The maximum absolute atomic E-state index is 15.0. The van der Waals surface area contributed by atoms with Crippen molar-refractivity contribution in [1.82, 2.24) is 9.55 Å². The van der Waals surface area contributed by atoms with E-state index in [0.29, 0.717) is 24.7 Å². The molecule has 1 aromatic carbocycles. The maximum Gasteiger partial charge on any atom is 0.166 e. The second kappa shape index (κ2) is 11.6. The molecule has 0 radical (unpaired) electrons. The maximum atomic E-state index is 15.0. The molecule has 1 aliphatic rings. The Labute approximate surface area is 224 Å². The molecule has 9 heteroatoms. The van der Waals surface area contributed by atoms with Crippen molar-refractivity contribution in [3.8, 4) is 11.5 Å². The molecule has 2 aromatic heterocycles. The number of hydrogen-bond acceptors (Lipinski definition) is 5. The number of Topliss-reactive ketones (excluding diaryl/α,β-unsaturated/α-hetero) is 1. The van der Waals surface area contributed by atoms with Crippen LogP contribution in [0.3, 0.4) is 0 Å². The number of carbonyl (C=O) groups is 1. The molecule has 0 spiro atoms. The highest BCUT2D eigenvalue weighted by Crippen LogP contribution is 2.37. The molecule has 1 aliphatic heterocycles. The number of alkyl halides is 1. The number of ether oxygens (including phenoxy) is 3. The van der Waals surface area contributed by atoms with E-state index in [4.69, 9.17) is 14.2 Å². The van der Waals surface area contributed by atoms with Crippen molar-refractivity contribution in [2.24, 2.45) is 0 Å². The Hall–Kier alpha value is -2.62. The summed E-state index contributed by atoms with van der Waals surface area (Å²) in [5.41, 5.74) is 0.899. The molecule has 0 amide bonds. The molecular weight excluding hydrogens is 506 g/mol. The summed E-state index contributed by atoms with van der Waals surface area (Å²) in [5, 5.41) is 0.829. The standard InChI is InChI=1S/C29H38F2N2O4Si/c1-20(2)23-16-33(19-35-12-13-38(3,4)5)28-27(23)26(9-11-32-28)37-25-7-6-21(15-24(25)30)14-22(34)8-10-29(31)17-36-18-29/h6-7,9,11,15-16,20H,8,10,12-14,17-19H2,1-5H3. The summed E-state index contributed by atoms with van der Waals surface area (Å²) in [7, 11) is -1.19. The van der Waals surface area contributed by atoms with Crippen molar-refractivity contribution in [3.63, 3.8) is 0 Å². The molecule has 3 heterocycles. The lowest BCUT2D eigenvalue weighted by atomic mass is 9.95. The van der Waals surface area contributed by atoms with E-state index in [9.17, 15) is 9.18 Å². The largest absolute Gasteiger partial charge is 0.453 e. The summed E-state index contributed by atoms with van der Waals surface area (Å²) in [6, 6.07) is 7.33. The van der Waals surface area contributed by atoms with Crippen LogP contribution in [0, 0.1) is 5.82 Å². The fourth-order valence-corrected chi connectivity index (χ4v) is 5.14. The summed E-state index contributed by atoms with van der Waals surface area (Å²) in [6.07, 6.45) is 3.97. The molecule has 38 heavy (non-hydrogen) atoms. The van der Waals surface area contributed by atoms with E-state index in [0.717, 1.165) is 22.6 Å². The van der Waals surface area contributed by atoms with E-state index in [1.54, 1.807) is 18.3 Å². The SMILES string of the molecule is CC(C)c1cn(COCC[Si](C)(C)C)c2nccc(Oc3ccc(CC(=O)CCC4(F)COC4)cc3F)c12. The number of nitrogens with zero attached hydrogens (tertiary/aromatic N) is 2. The van der Waals surface area contributed by atoms with Crippen molar-refractivity contribution in [3.05, 3.63) is 53.6 Å². The van der Waals surface area contributed by atoms with Crippen LogP contribution in [0.5, 0.6) is 11.5 Å². The number of benzene rings is 1. The van der Waals surface area contributed by atoms with Crippen LogP contribution in [0.1, 0.15) is 43.7 Å². The number of rotatable bonds is 13. The van der Waals surface area contributed by atoms with Crippen molar-refractivity contribution in [2.45, 2.75) is 77.1 Å². The van der Waals surface area contributed by atoms with Gasteiger partial charge in [0.15, 0.2) is 17.2 Å². The van der Waals surface area contributed by atoms with Crippen LogP contribution in [-0.4, -0.2) is 48.9 Å². The number of ketones is 1. The van der Waals surface area contributed by atoms with Gasteiger partial charge in [-0.15, -0.1) is 0 Å². The van der Waals surface area contributed by atoms with Gasteiger partial charge in [0.1, 0.15) is 23.9 Å². The number of hydrogen-bond donors (Lipinski definition) is 0. The first kappa shape index (κ1) is 28.4. The predicted octanol–water partition coefficient (Wildman–Crippen LogP) is 7.03. The minimum atomic E-state index is -1.40. The summed E-state index contributed by atoms with van der Waals surface area (Å²) in [6.45, 7) is 12.3. The van der Waals surface area contributed by atoms with Crippen LogP contribution in [0.15, 0.2) is 36.7 Å². The van der Waals surface area contributed by atoms with Gasteiger partial charge in [-0.3, -0.25) is 4.79 Å². The van der Waals surface area contributed by atoms with Gasteiger partial charge in [0, 0.05) is 39.9 Å². The third-order valence-electron chi connectivity index (χ3n) is 6.79. The molecule has 0 atom stereocenters. The Balaban J connectivity index is 1.48. The number of aromatic nitrogens is 2. The van der Waals surface area contributed by atoms with Gasteiger partial charge in [-0.2, -0.15) is 0 Å². The molecule has 206 valence electrons. The third-order valence-corrected chi connectivity index (χ3v) is 8.49. The lowest BCUT2D eigenvalue weighted by molar-refractivity contribution is -0.139. The first-order valence-corrected chi connectivity index (χ1v) is 16.9. The fraction of sp³-hybridized carbons (Fsp3) is 0.517. The van der Waals surface area contributed by atoms with E-state index in [1.165, 1.54) is 12.1 Å². The lowest BCUT2D eigenvalue weighted by Gasteiger charge is -2.33. The fourth-order valence-electron chi connectivity index (χ4n) is 4.38. The van der Waals surface area contributed by atoms with Crippen LogP contribution in [-0.2, 0) is 27.4 Å². The molecule has 6 nitrogen and oxygen atoms in total. The number of pyridine rings is 1.